The Balaban J connectivity index is 1.28. The molecule has 1 aromatic rings. The summed E-state index contributed by atoms with van der Waals surface area (Å²) in [6.45, 7) is 1.49. The third-order valence-electron chi connectivity index (χ3n) is 5.72. The third-order valence-corrected chi connectivity index (χ3v) is 6.95. The quantitative estimate of drug-likeness (QED) is 0.881. The highest BCUT2D eigenvalue weighted by Crippen LogP contribution is 2.47. The summed E-state index contributed by atoms with van der Waals surface area (Å²) in [6.07, 6.45) is 5.32. The van der Waals surface area contributed by atoms with Gasteiger partial charge >= 0.3 is 6.03 Å². The van der Waals surface area contributed by atoms with E-state index in [2.05, 4.69) is 34.9 Å². The van der Waals surface area contributed by atoms with Crippen LogP contribution in [0, 0.1) is 0 Å². The third kappa shape index (κ3) is 3.42. The Morgan fingerprint density at radius 2 is 2.08 bits per heavy atom. The second kappa shape index (κ2) is 6.60. The van der Waals surface area contributed by atoms with Gasteiger partial charge in [0.1, 0.15) is 0 Å². The molecule has 0 radical (unpaired) electrons. The molecule has 2 saturated heterocycles. The molecule has 3 aliphatic rings. The summed E-state index contributed by atoms with van der Waals surface area (Å²) in [5.41, 5.74) is 1.53. The van der Waals surface area contributed by atoms with Gasteiger partial charge < -0.3 is 15.4 Å². The van der Waals surface area contributed by atoms with Gasteiger partial charge in [-0.15, -0.1) is 0 Å². The Bertz CT molecular complexity index is 582. The van der Waals surface area contributed by atoms with Crippen LogP contribution < -0.4 is 10.6 Å². The van der Waals surface area contributed by atoms with Crippen molar-refractivity contribution in [2.24, 2.45) is 0 Å². The topological polar surface area (TPSA) is 50.4 Å². The van der Waals surface area contributed by atoms with Crippen LogP contribution in [0.2, 0.25) is 0 Å². The van der Waals surface area contributed by atoms with E-state index in [-0.39, 0.29) is 23.1 Å². The minimum atomic E-state index is -0.0232. The van der Waals surface area contributed by atoms with Crippen LogP contribution in [-0.4, -0.2) is 42.3 Å². The zero-order valence-electron chi connectivity index (χ0n) is 14.1. The lowest BCUT2D eigenvalue weighted by Gasteiger charge is -2.38. The highest BCUT2D eigenvalue weighted by Gasteiger charge is 2.44. The van der Waals surface area contributed by atoms with Gasteiger partial charge in [-0.05, 0) is 43.4 Å². The summed E-state index contributed by atoms with van der Waals surface area (Å²) in [5, 5.41) is 6.30. The van der Waals surface area contributed by atoms with E-state index >= 15 is 0 Å². The molecule has 2 heterocycles. The fraction of sp³-hybridized carbons (Fsp3) is 0.632. The standard InChI is InChI=1S/C19H26N2O2S/c22-17(20-13-18(7-8-18)15-4-2-1-3-5-15)21-16-6-10-23-19(12-16)9-11-24-14-19/h1-5,16H,6-14H2,(H2,20,21,22). The zero-order chi connectivity index (χ0) is 16.5. The maximum Gasteiger partial charge on any atom is 0.315 e. The molecule has 2 atom stereocenters. The van der Waals surface area contributed by atoms with Crippen molar-refractivity contribution < 1.29 is 9.53 Å². The smallest absolute Gasteiger partial charge is 0.315 e. The van der Waals surface area contributed by atoms with Crippen LogP contribution in [0.5, 0.6) is 0 Å². The second-order valence-corrected chi connectivity index (χ2v) is 8.60. The van der Waals surface area contributed by atoms with E-state index in [0.717, 1.165) is 51.0 Å². The van der Waals surface area contributed by atoms with Crippen molar-refractivity contribution >= 4 is 17.8 Å². The lowest BCUT2D eigenvalue weighted by atomic mass is 9.90. The highest BCUT2D eigenvalue weighted by atomic mass is 32.2. The molecule has 2 aliphatic heterocycles. The number of thioether (sulfide) groups is 1. The van der Waals surface area contributed by atoms with Crippen LogP contribution in [0.25, 0.3) is 0 Å². The first-order chi connectivity index (χ1) is 11.7. The van der Waals surface area contributed by atoms with Gasteiger partial charge in [0.15, 0.2) is 0 Å². The minimum absolute atomic E-state index is 0.0165. The van der Waals surface area contributed by atoms with Crippen molar-refractivity contribution in [1.29, 1.82) is 0 Å². The van der Waals surface area contributed by atoms with E-state index in [1.54, 1.807) is 0 Å². The fourth-order valence-electron chi connectivity index (χ4n) is 4.01. The molecule has 5 heteroatoms. The molecule has 1 aliphatic carbocycles. The Labute approximate surface area is 148 Å². The Kier molecular flexibility index (Phi) is 4.48. The summed E-state index contributed by atoms with van der Waals surface area (Å²) in [4.78, 5) is 12.4. The van der Waals surface area contributed by atoms with E-state index in [4.69, 9.17) is 4.74 Å². The van der Waals surface area contributed by atoms with Crippen molar-refractivity contribution in [2.45, 2.75) is 49.2 Å². The molecular weight excluding hydrogens is 320 g/mol. The number of benzene rings is 1. The number of amides is 2. The number of hydrogen-bond donors (Lipinski definition) is 2. The molecule has 0 aromatic heterocycles. The predicted molar refractivity (Wildman–Crippen MR) is 97.5 cm³/mol. The summed E-state index contributed by atoms with van der Waals surface area (Å²) in [7, 11) is 0. The number of nitrogens with one attached hydrogen (secondary N) is 2. The van der Waals surface area contributed by atoms with Gasteiger partial charge in [-0.2, -0.15) is 11.8 Å². The van der Waals surface area contributed by atoms with Gasteiger partial charge in [0.25, 0.3) is 0 Å². The SMILES string of the molecule is O=C(NCC1(c2ccccc2)CC1)NC1CCOC2(CCSC2)C1. The molecular formula is C19H26N2O2S. The summed E-state index contributed by atoms with van der Waals surface area (Å²) >= 11 is 1.97. The van der Waals surface area contributed by atoms with Crippen LogP contribution in [-0.2, 0) is 10.2 Å². The number of urea groups is 1. The van der Waals surface area contributed by atoms with Gasteiger partial charge in [-0.1, -0.05) is 30.3 Å². The molecule has 4 nitrogen and oxygen atoms in total. The molecule has 24 heavy (non-hydrogen) atoms. The first-order valence-electron chi connectivity index (χ1n) is 9.02. The van der Waals surface area contributed by atoms with Gasteiger partial charge in [0.05, 0.1) is 5.60 Å². The molecule has 4 rings (SSSR count). The molecule has 0 bridgehead atoms. The molecule has 1 saturated carbocycles. The van der Waals surface area contributed by atoms with E-state index in [0.29, 0.717) is 0 Å². The fourth-order valence-corrected chi connectivity index (χ4v) is 5.39. The first kappa shape index (κ1) is 16.3. The van der Waals surface area contributed by atoms with E-state index in [9.17, 15) is 4.79 Å². The largest absolute Gasteiger partial charge is 0.374 e. The number of ether oxygens (including phenoxy) is 1. The lowest BCUT2D eigenvalue weighted by Crippen LogP contribution is -2.51. The van der Waals surface area contributed by atoms with E-state index in [1.807, 2.05) is 17.8 Å². The maximum absolute atomic E-state index is 12.4. The number of carbonyl (C=O) groups excluding carboxylic acids is 1. The maximum atomic E-state index is 12.4. The van der Waals surface area contributed by atoms with Crippen molar-refractivity contribution in [3.63, 3.8) is 0 Å². The second-order valence-electron chi connectivity index (χ2n) is 7.50. The van der Waals surface area contributed by atoms with Gasteiger partial charge in [0, 0.05) is 30.4 Å². The summed E-state index contributed by atoms with van der Waals surface area (Å²) in [5.74, 6) is 2.25. The van der Waals surface area contributed by atoms with E-state index in [1.165, 1.54) is 11.3 Å². The highest BCUT2D eigenvalue weighted by molar-refractivity contribution is 7.99. The molecule has 130 valence electrons. The summed E-state index contributed by atoms with van der Waals surface area (Å²) in [6, 6.07) is 10.8. The average Bonchev–Trinajstić information content (AvgIpc) is 3.28. The van der Waals surface area contributed by atoms with Crippen LogP contribution in [0.3, 0.4) is 0 Å². The Morgan fingerprint density at radius 1 is 1.25 bits per heavy atom. The van der Waals surface area contributed by atoms with Crippen LogP contribution in [0.4, 0.5) is 4.79 Å². The van der Waals surface area contributed by atoms with E-state index < -0.39 is 0 Å². The van der Waals surface area contributed by atoms with Crippen molar-refractivity contribution in [3.8, 4) is 0 Å². The number of rotatable bonds is 4. The molecule has 2 N–H and O–H groups in total. The van der Waals surface area contributed by atoms with Gasteiger partial charge in [0.2, 0.25) is 0 Å². The van der Waals surface area contributed by atoms with Crippen LogP contribution >= 0.6 is 11.8 Å². The predicted octanol–water partition coefficient (Wildman–Crippen LogP) is 3.07. The minimum Gasteiger partial charge on any atom is -0.374 e. The Hall–Kier alpha value is -1.20. The molecule has 3 fully saturated rings. The number of carbonyl (C=O) groups is 1. The first-order valence-corrected chi connectivity index (χ1v) is 10.2. The lowest BCUT2D eigenvalue weighted by molar-refractivity contribution is -0.0684. The van der Waals surface area contributed by atoms with Crippen LogP contribution in [0.1, 0.15) is 37.7 Å². The molecule has 2 amide bonds. The van der Waals surface area contributed by atoms with Crippen molar-refractivity contribution in [3.05, 3.63) is 35.9 Å². The average molecular weight is 346 g/mol. The normalized spacial score (nSPS) is 30.9. The van der Waals surface area contributed by atoms with Gasteiger partial charge in [-0.3, -0.25) is 0 Å². The summed E-state index contributed by atoms with van der Waals surface area (Å²) < 4.78 is 6.03. The monoisotopic (exact) mass is 346 g/mol. The number of hydrogen-bond acceptors (Lipinski definition) is 3. The van der Waals surface area contributed by atoms with Crippen molar-refractivity contribution in [1.82, 2.24) is 10.6 Å². The van der Waals surface area contributed by atoms with Gasteiger partial charge in [-0.25, -0.2) is 4.79 Å². The van der Waals surface area contributed by atoms with Crippen LogP contribution in [0.15, 0.2) is 30.3 Å². The Morgan fingerprint density at radius 3 is 2.79 bits per heavy atom. The zero-order valence-corrected chi connectivity index (χ0v) is 14.9. The molecule has 1 spiro atoms. The molecule has 2 unspecified atom stereocenters. The van der Waals surface area contributed by atoms with Crippen molar-refractivity contribution in [2.75, 3.05) is 24.7 Å². The molecule has 1 aromatic carbocycles.